The lowest BCUT2D eigenvalue weighted by atomic mass is 9.90. The van der Waals surface area contributed by atoms with Gasteiger partial charge in [0.2, 0.25) is 0 Å². The number of ether oxygens (including phenoxy) is 3. The summed E-state index contributed by atoms with van der Waals surface area (Å²) in [5.41, 5.74) is -0.967. The third-order valence-corrected chi connectivity index (χ3v) is 6.39. The zero-order valence-corrected chi connectivity index (χ0v) is 19.1. The molecule has 0 bridgehead atoms. The van der Waals surface area contributed by atoms with E-state index in [9.17, 15) is 14.6 Å². The molecule has 0 aromatic heterocycles. The van der Waals surface area contributed by atoms with Crippen molar-refractivity contribution in [3.05, 3.63) is 54.3 Å². The van der Waals surface area contributed by atoms with Crippen molar-refractivity contribution in [2.45, 2.75) is 24.0 Å². The van der Waals surface area contributed by atoms with Gasteiger partial charge < -0.3 is 29.3 Å². The van der Waals surface area contributed by atoms with Gasteiger partial charge in [0.15, 0.2) is 0 Å². The Balaban J connectivity index is 1.32. The number of halogens is 1. The molecule has 2 N–H and O–H groups in total. The molecule has 33 heavy (non-hydrogen) atoms. The predicted molar refractivity (Wildman–Crippen MR) is 123 cm³/mol. The summed E-state index contributed by atoms with van der Waals surface area (Å²) in [6.45, 7) is 3.46. The standard InChI is InChI=1S/C25H33FN2O5/c1-31-22-7-5-21(6-8-22)28-11-9-24(29,10-12-28)16-27-13-14-32-18-25(30,17-27)19-33-23-4-2-3-20(26)15-23/h2-8,15,29-30H,9-14,16-19H2,1H3/t25-/m1/s1. The summed E-state index contributed by atoms with van der Waals surface area (Å²) in [6.07, 6.45) is 1.27. The molecule has 2 saturated heterocycles. The monoisotopic (exact) mass is 460 g/mol. The normalized spacial score (nSPS) is 23.7. The first-order chi connectivity index (χ1) is 15.9. The number of hydrogen-bond acceptors (Lipinski definition) is 7. The number of hydrogen-bond donors (Lipinski definition) is 2. The topological polar surface area (TPSA) is 74.6 Å². The van der Waals surface area contributed by atoms with Gasteiger partial charge in [0.1, 0.15) is 29.5 Å². The van der Waals surface area contributed by atoms with Gasteiger partial charge in [-0.05, 0) is 49.2 Å². The Labute approximate surface area is 194 Å². The number of β-amino-alcohol motifs (C(OH)–C–C–N with tert-alkyl or cyclic N) is 2. The van der Waals surface area contributed by atoms with Crippen molar-refractivity contribution in [3.63, 3.8) is 0 Å². The van der Waals surface area contributed by atoms with Crippen molar-refractivity contribution in [1.29, 1.82) is 0 Å². The van der Waals surface area contributed by atoms with Crippen LogP contribution in [0.3, 0.4) is 0 Å². The van der Waals surface area contributed by atoms with E-state index >= 15 is 0 Å². The largest absolute Gasteiger partial charge is 0.497 e. The minimum Gasteiger partial charge on any atom is -0.497 e. The summed E-state index contributed by atoms with van der Waals surface area (Å²) in [5, 5.41) is 22.4. The van der Waals surface area contributed by atoms with E-state index < -0.39 is 11.2 Å². The minimum atomic E-state index is -1.25. The lowest BCUT2D eigenvalue weighted by molar-refractivity contribution is -0.0742. The van der Waals surface area contributed by atoms with Crippen LogP contribution in [0.15, 0.2) is 48.5 Å². The van der Waals surface area contributed by atoms with Crippen LogP contribution in [-0.4, -0.2) is 86.0 Å². The molecule has 2 aromatic rings. The number of piperidine rings is 1. The fourth-order valence-electron chi connectivity index (χ4n) is 4.54. The molecule has 7 nitrogen and oxygen atoms in total. The van der Waals surface area contributed by atoms with Crippen molar-refractivity contribution < 1.29 is 28.8 Å². The van der Waals surface area contributed by atoms with Crippen LogP contribution in [0.2, 0.25) is 0 Å². The Kier molecular flexibility index (Phi) is 7.38. The molecule has 0 spiro atoms. The number of nitrogens with zero attached hydrogens (tertiary/aromatic N) is 2. The molecular weight excluding hydrogens is 427 g/mol. The van der Waals surface area contributed by atoms with Crippen LogP contribution < -0.4 is 14.4 Å². The second kappa shape index (κ2) is 10.3. The van der Waals surface area contributed by atoms with E-state index in [1.54, 1.807) is 19.2 Å². The molecular formula is C25H33FN2O5. The third kappa shape index (κ3) is 6.35. The second-order valence-corrected chi connectivity index (χ2v) is 9.14. The van der Waals surface area contributed by atoms with Crippen LogP contribution in [0.1, 0.15) is 12.8 Å². The molecule has 0 radical (unpaired) electrons. The van der Waals surface area contributed by atoms with E-state index in [0.29, 0.717) is 44.8 Å². The molecule has 1 atom stereocenters. The van der Waals surface area contributed by atoms with E-state index in [0.717, 1.165) is 24.5 Å². The number of methoxy groups -OCH3 is 1. The van der Waals surface area contributed by atoms with Gasteiger partial charge in [0, 0.05) is 44.5 Å². The number of anilines is 1. The minimum absolute atomic E-state index is 0.0172. The van der Waals surface area contributed by atoms with E-state index in [2.05, 4.69) is 4.90 Å². The molecule has 0 aliphatic carbocycles. The fraction of sp³-hybridized carbons (Fsp3) is 0.520. The summed E-state index contributed by atoms with van der Waals surface area (Å²) >= 11 is 0. The van der Waals surface area contributed by atoms with Crippen LogP contribution in [0.5, 0.6) is 11.5 Å². The molecule has 0 amide bonds. The first-order valence-electron chi connectivity index (χ1n) is 11.4. The van der Waals surface area contributed by atoms with Gasteiger partial charge in [0.05, 0.1) is 25.9 Å². The predicted octanol–water partition coefficient (Wildman–Crippen LogP) is 2.31. The zero-order chi connectivity index (χ0) is 23.3. The molecule has 2 aromatic carbocycles. The second-order valence-electron chi connectivity index (χ2n) is 9.14. The van der Waals surface area contributed by atoms with Crippen LogP contribution >= 0.6 is 0 Å². The Bertz CT molecular complexity index is 904. The molecule has 180 valence electrons. The average molecular weight is 461 g/mol. The molecule has 0 unspecified atom stereocenters. The SMILES string of the molecule is COc1ccc(N2CCC(O)(CN3CCOC[C@@](O)(COc4cccc(F)c4)C3)CC2)cc1. The van der Waals surface area contributed by atoms with Gasteiger partial charge in [0.25, 0.3) is 0 Å². The van der Waals surface area contributed by atoms with E-state index in [-0.39, 0.29) is 19.0 Å². The maximum Gasteiger partial charge on any atom is 0.134 e. The first kappa shape index (κ1) is 23.8. The van der Waals surface area contributed by atoms with Crippen LogP contribution in [0, 0.1) is 5.82 Å². The van der Waals surface area contributed by atoms with Gasteiger partial charge in [-0.1, -0.05) is 6.07 Å². The summed E-state index contributed by atoms with van der Waals surface area (Å²) < 4.78 is 29.9. The van der Waals surface area contributed by atoms with Crippen LogP contribution in [-0.2, 0) is 4.74 Å². The highest BCUT2D eigenvalue weighted by Crippen LogP contribution is 2.29. The maximum absolute atomic E-state index is 13.4. The number of benzene rings is 2. The highest BCUT2D eigenvalue weighted by molar-refractivity contribution is 5.49. The number of rotatable bonds is 7. The highest BCUT2D eigenvalue weighted by atomic mass is 19.1. The van der Waals surface area contributed by atoms with Crippen molar-refractivity contribution >= 4 is 5.69 Å². The van der Waals surface area contributed by atoms with Crippen molar-refractivity contribution in [1.82, 2.24) is 4.90 Å². The van der Waals surface area contributed by atoms with E-state index in [1.165, 1.54) is 12.1 Å². The molecule has 2 aliphatic heterocycles. The molecule has 8 heteroatoms. The van der Waals surface area contributed by atoms with Gasteiger partial charge in [-0.25, -0.2) is 4.39 Å². The Morgan fingerprint density at radius 3 is 2.45 bits per heavy atom. The summed E-state index contributed by atoms with van der Waals surface area (Å²) in [7, 11) is 1.65. The highest BCUT2D eigenvalue weighted by Gasteiger charge is 2.39. The van der Waals surface area contributed by atoms with Crippen LogP contribution in [0.4, 0.5) is 10.1 Å². The van der Waals surface area contributed by atoms with E-state index in [1.807, 2.05) is 29.2 Å². The van der Waals surface area contributed by atoms with Crippen molar-refractivity contribution in [2.75, 3.05) is 64.6 Å². The fourth-order valence-corrected chi connectivity index (χ4v) is 4.54. The van der Waals surface area contributed by atoms with Crippen molar-refractivity contribution in [2.24, 2.45) is 0 Å². The molecule has 2 aliphatic rings. The Morgan fingerprint density at radius 1 is 1.00 bits per heavy atom. The van der Waals surface area contributed by atoms with Gasteiger partial charge >= 0.3 is 0 Å². The lowest BCUT2D eigenvalue weighted by Crippen LogP contribution is -2.55. The maximum atomic E-state index is 13.4. The zero-order valence-electron chi connectivity index (χ0n) is 19.1. The molecule has 0 saturated carbocycles. The van der Waals surface area contributed by atoms with Gasteiger partial charge in [-0.15, -0.1) is 0 Å². The van der Waals surface area contributed by atoms with Crippen LogP contribution in [0.25, 0.3) is 0 Å². The summed E-state index contributed by atoms with van der Waals surface area (Å²) in [6, 6.07) is 13.8. The summed E-state index contributed by atoms with van der Waals surface area (Å²) in [5.74, 6) is 0.801. The Morgan fingerprint density at radius 2 is 1.76 bits per heavy atom. The lowest BCUT2D eigenvalue weighted by Gasteiger charge is -2.42. The smallest absolute Gasteiger partial charge is 0.134 e. The molecule has 2 heterocycles. The van der Waals surface area contributed by atoms with Gasteiger partial charge in [-0.2, -0.15) is 0 Å². The Hall–Kier alpha value is -2.39. The number of aliphatic hydroxyl groups is 2. The quantitative estimate of drug-likeness (QED) is 0.657. The first-order valence-corrected chi connectivity index (χ1v) is 11.4. The summed E-state index contributed by atoms with van der Waals surface area (Å²) in [4.78, 5) is 4.31. The third-order valence-electron chi connectivity index (χ3n) is 6.39. The average Bonchev–Trinajstić information content (AvgIpc) is 2.99. The van der Waals surface area contributed by atoms with Gasteiger partial charge in [-0.3, -0.25) is 4.90 Å². The molecule has 2 fully saturated rings. The molecule has 4 rings (SSSR count). The van der Waals surface area contributed by atoms with Crippen molar-refractivity contribution in [3.8, 4) is 11.5 Å². The van der Waals surface area contributed by atoms with E-state index in [4.69, 9.17) is 14.2 Å².